The van der Waals surface area contributed by atoms with Crippen molar-refractivity contribution >= 4 is 5.97 Å². The Morgan fingerprint density at radius 3 is 2.14 bits per heavy atom. The third kappa shape index (κ3) is 5.25. The van der Waals surface area contributed by atoms with Crippen LogP contribution >= 0.6 is 0 Å². The molecule has 0 bridgehead atoms. The summed E-state index contributed by atoms with van der Waals surface area (Å²) in [6.45, 7) is 8.25. The lowest BCUT2D eigenvalue weighted by molar-refractivity contribution is -0.158. The normalized spacial score (nSPS) is 11.4. The lowest BCUT2D eigenvalue weighted by Crippen LogP contribution is -2.29. The molecule has 0 aromatic carbocycles. The molecule has 2 nitrogen and oxygen atoms in total. The molecule has 0 unspecified atom stereocenters. The highest BCUT2D eigenvalue weighted by atomic mass is 16.6. The monoisotopic (exact) mass is 200 g/mol. The van der Waals surface area contributed by atoms with Crippen LogP contribution in [-0.4, -0.2) is 11.6 Å². The first-order valence-corrected chi connectivity index (χ1v) is 5.79. The van der Waals surface area contributed by atoms with E-state index in [-0.39, 0.29) is 11.6 Å². The molecule has 0 aliphatic rings. The molecule has 0 rings (SSSR count). The van der Waals surface area contributed by atoms with Gasteiger partial charge in [0.15, 0.2) is 0 Å². The van der Waals surface area contributed by atoms with Gasteiger partial charge >= 0.3 is 5.97 Å². The fourth-order valence-corrected chi connectivity index (χ4v) is 1.24. The maximum absolute atomic E-state index is 11.4. The van der Waals surface area contributed by atoms with Crippen molar-refractivity contribution in [1.29, 1.82) is 0 Å². The number of carbonyl (C=O) groups excluding carboxylic acids is 1. The lowest BCUT2D eigenvalue weighted by Gasteiger charge is -2.26. The van der Waals surface area contributed by atoms with E-state index >= 15 is 0 Å². The molecule has 0 fully saturated rings. The van der Waals surface area contributed by atoms with Crippen molar-refractivity contribution < 1.29 is 9.53 Å². The van der Waals surface area contributed by atoms with E-state index in [0.717, 1.165) is 32.1 Å². The van der Waals surface area contributed by atoms with Crippen molar-refractivity contribution in [3.05, 3.63) is 0 Å². The molecule has 0 saturated heterocycles. The van der Waals surface area contributed by atoms with Crippen LogP contribution in [0.15, 0.2) is 0 Å². The van der Waals surface area contributed by atoms with Crippen molar-refractivity contribution in [3.63, 3.8) is 0 Å². The van der Waals surface area contributed by atoms with Crippen LogP contribution < -0.4 is 0 Å². The van der Waals surface area contributed by atoms with Crippen LogP contribution in [-0.2, 0) is 9.53 Å². The molecular formula is C12H24O2. The second kappa shape index (κ2) is 6.86. The van der Waals surface area contributed by atoms with Crippen molar-refractivity contribution in [2.24, 2.45) is 0 Å². The molecule has 0 N–H and O–H groups in total. The summed E-state index contributed by atoms with van der Waals surface area (Å²) < 4.78 is 5.44. The third-order valence-electron chi connectivity index (χ3n) is 2.84. The molecule has 0 radical (unpaired) electrons. The predicted molar refractivity (Wildman–Crippen MR) is 59.2 cm³/mol. The van der Waals surface area contributed by atoms with Gasteiger partial charge in [-0.15, -0.1) is 0 Å². The van der Waals surface area contributed by atoms with Crippen molar-refractivity contribution in [3.8, 4) is 0 Å². The molecule has 84 valence electrons. The minimum Gasteiger partial charge on any atom is -0.459 e. The van der Waals surface area contributed by atoms with Crippen LogP contribution in [0.25, 0.3) is 0 Å². The van der Waals surface area contributed by atoms with Gasteiger partial charge < -0.3 is 4.74 Å². The molecular weight excluding hydrogens is 176 g/mol. The highest BCUT2D eigenvalue weighted by Crippen LogP contribution is 2.20. The molecule has 0 aromatic heterocycles. The number of hydrogen-bond acceptors (Lipinski definition) is 2. The number of rotatable bonds is 7. The molecule has 14 heavy (non-hydrogen) atoms. The van der Waals surface area contributed by atoms with Gasteiger partial charge in [-0.1, -0.05) is 33.6 Å². The molecule has 0 saturated carbocycles. The van der Waals surface area contributed by atoms with E-state index in [4.69, 9.17) is 4.74 Å². The average molecular weight is 200 g/mol. The van der Waals surface area contributed by atoms with Gasteiger partial charge in [-0.2, -0.15) is 0 Å². The summed E-state index contributed by atoms with van der Waals surface area (Å²) in [5.74, 6) is -0.0374. The van der Waals surface area contributed by atoms with Gasteiger partial charge in [0.1, 0.15) is 5.60 Å². The third-order valence-corrected chi connectivity index (χ3v) is 2.84. The summed E-state index contributed by atoms with van der Waals surface area (Å²) in [7, 11) is 0. The SMILES string of the molecule is CCCCCC(=O)OC(C)(CC)CC. The molecule has 0 atom stereocenters. The predicted octanol–water partition coefficient (Wildman–Crippen LogP) is 3.69. The Kier molecular flexibility index (Phi) is 6.60. The fourth-order valence-electron chi connectivity index (χ4n) is 1.24. The number of esters is 1. The van der Waals surface area contributed by atoms with Crippen LogP contribution in [0.1, 0.15) is 66.2 Å². The van der Waals surface area contributed by atoms with Gasteiger partial charge in [0, 0.05) is 6.42 Å². The van der Waals surface area contributed by atoms with Crippen LogP contribution in [0.2, 0.25) is 0 Å². The molecule has 2 heteroatoms. The minimum absolute atomic E-state index is 0.0374. The highest BCUT2D eigenvalue weighted by Gasteiger charge is 2.23. The Labute approximate surface area is 88.0 Å². The van der Waals surface area contributed by atoms with Crippen molar-refractivity contribution in [2.75, 3.05) is 0 Å². The zero-order valence-electron chi connectivity index (χ0n) is 10.1. The molecule has 0 spiro atoms. The Morgan fingerprint density at radius 2 is 1.71 bits per heavy atom. The van der Waals surface area contributed by atoms with E-state index in [1.807, 2.05) is 6.92 Å². The summed E-state index contributed by atoms with van der Waals surface area (Å²) in [6.07, 6.45) is 5.57. The molecule has 0 aromatic rings. The molecule has 0 heterocycles. The summed E-state index contributed by atoms with van der Waals surface area (Å²) >= 11 is 0. The van der Waals surface area contributed by atoms with E-state index in [0.29, 0.717) is 6.42 Å². The van der Waals surface area contributed by atoms with Crippen LogP contribution in [0.4, 0.5) is 0 Å². The fraction of sp³-hybridized carbons (Fsp3) is 0.917. The van der Waals surface area contributed by atoms with Gasteiger partial charge in [0.25, 0.3) is 0 Å². The van der Waals surface area contributed by atoms with Gasteiger partial charge in [0.2, 0.25) is 0 Å². The zero-order chi connectivity index (χ0) is 11.0. The standard InChI is InChI=1S/C12H24O2/c1-5-8-9-10-11(13)14-12(4,6-2)7-3/h5-10H2,1-4H3. The Morgan fingerprint density at radius 1 is 1.14 bits per heavy atom. The zero-order valence-corrected chi connectivity index (χ0v) is 10.1. The summed E-state index contributed by atoms with van der Waals surface area (Å²) in [4.78, 5) is 11.4. The first-order chi connectivity index (χ1) is 6.58. The van der Waals surface area contributed by atoms with Gasteiger partial charge in [-0.25, -0.2) is 0 Å². The lowest BCUT2D eigenvalue weighted by atomic mass is 10.00. The topological polar surface area (TPSA) is 26.3 Å². The minimum atomic E-state index is -0.247. The maximum Gasteiger partial charge on any atom is 0.306 e. The smallest absolute Gasteiger partial charge is 0.306 e. The van der Waals surface area contributed by atoms with Crippen LogP contribution in [0.5, 0.6) is 0 Å². The average Bonchev–Trinajstić information content (AvgIpc) is 2.18. The van der Waals surface area contributed by atoms with Crippen molar-refractivity contribution in [1.82, 2.24) is 0 Å². The van der Waals surface area contributed by atoms with Gasteiger partial charge in [-0.05, 0) is 26.2 Å². The van der Waals surface area contributed by atoms with Crippen LogP contribution in [0.3, 0.4) is 0 Å². The molecule has 0 amide bonds. The van der Waals surface area contributed by atoms with E-state index in [1.54, 1.807) is 0 Å². The Balaban J connectivity index is 3.80. The first kappa shape index (κ1) is 13.5. The highest BCUT2D eigenvalue weighted by molar-refractivity contribution is 5.69. The van der Waals surface area contributed by atoms with E-state index in [2.05, 4.69) is 20.8 Å². The largest absolute Gasteiger partial charge is 0.459 e. The van der Waals surface area contributed by atoms with E-state index in [9.17, 15) is 4.79 Å². The van der Waals surface area contributed by atoms with Crippen molar-refractivity contribution in [2.45, 2.75) is 71.8 Å². The van der Waals surface area contributed by atoms with Gasteiger partial charge in [-0.3, -0.25) is 4.79 Å². The summed E-state index contributed by atoms with van der Waals surface area (Å²) in [5.41, 5.74) is -0.247. The maximum atomic E-state index is 11.4. The number of ether oxygens (including phenoxy) is 1. The number of unbranched alkanes of at least 4 members (excludes halogenated alkanes) is 2. The van der Waals surface area contributed by atoms with Gasteiger partial charge in [0.05, 0.1) is 0 Å². The molecule has 0 aliphatic heterocycles. The quantitative estimate of drug-likeness (QED) is 0.463. The molecule has 0 aliphatic carbocycles. The Bertz CT molecular complexity index is 160. The van der Waals surface area contributed by atoms with Crippen LogP contribution in [0, 0.1) is 0 Å². The second-order valence-corrected chi connectivity index (χ2v) is 4.09. The Hall–Kier alpha value is -0.530. The summed E-state index contributed by atoms with van der Waals surface area (Å²) in [6, 6.07) is 0. The van der Waals surface area contributed by atoms with E-state index in [1.165, 1.54) is 0 Å². The number of carbonyl (C=O) groups is 1. The first-order valence-electron chi connectivity index (χ1n) is 5.79. The second-order valence-electron chi connectivity index (χ2n) is 4.09. The van der Waals surface area contributed by atoms with E-state index < -0.39 is 0 Å². The number of hydrogen-bond donors (Lipinski definition) is 0. The summed E-state index contributed by atoms with van der Waals surface area (Å²) in [5, 5.41) is 0.